The van der Waals surface area contributed by atoms with Crippen molar-refractivity contribution < 1.29 is 64.2 Å². The van der Waals surface area contributed by atoms with Crippen molar-refractivity contribution in [1.29, 1.82) is 0 Å². The predicted octanol–water partition coefficient (Wildman–Crippen LogP) is -4.20. The zero-order chi connectivity index (χ0) is 29.3. The summed E-state index contributed by atoms with van der Waals surface area (Å²) in [6.45, 7) is -0.477. The SMILES string of the molecule is Nc1nc(/C(=N\OCc2cc(=O)c(O)cn2O)C(=O)N[C@@H]2C(=O)N3C(C(=O)[O-])=C(CSc4cnns4)CS[C@H]23)cs1.[Na+]. The van der Waals surface area contributed by atoms with Crippen LogP contribution in [-0.4, -0.2) is 80.9 Å². The minimum Gasteiger partial charge on any atom is -0.543 e. The fourth-order valence-electron chi connectivity index (χ4n) is 3.80. The van der Waals surface area contributed by atoms with E-state index in [-0.39, 0.29) is 69.0 Å². The van der Waals surface area contributed by atoms with Gasteiger partial charge in [-0.25, -0.2) is 4.98 Å². The number of aliphatic carboxylic acids is 1. The van der Waals surface area contributed by atoms with Gasteiger partial charge in [-0.15, -0.1) is 40.0 Å². The van der Waals surface area contributed by atoms with Crippen molar-refractivity contribution in [2.24, 2.45) is 5.16 Å². The number of oxime groups is 1. The molecular weight excluding hydrogens is 644 g/mol. The molecule has 1 saturated heterocycles. The molecule has 2 amide bonds. The van der Waals surface area contributed by atoms with Gasteiger partial charge in [0.1, 0.15) is 27.0 Å². The van der Waals surface area contributed by atoms with Crippen LogP contribution in [0.2, 0.25) is 0 Å². The van der Waals surface area contributed by atoms with Crippen molar-refractivity contribution in [3.8, 4) is 5.75 Å². The summed E-state index contributed by atoms with van der Waals surface area (Å²) in [7, 11) is 0. The minimum atomic E-state index is -1.50. The van der Waals surface area contributed by atoms with Crippen molar-refractivity contribution >= 4 is 75.0 Å². The van der Waals surface area contributed by atoms with Gasteiger partial charge in [0.05, 0.1) is 24.1 Å². The molecule has 3 aromatic rings. The first-order chi connectivity index (χ1) is 19.6. The third-order valence-corrected chi connectivity index (χ3v) is 9.63. The van der Waals surface area contributed by atoms with E-state index in [4.69, 9.17) is 10.6 Å². The van der Waals surface area contributed by atoms with Crippen LogP contribution in [-0.2, 0) is 25.8 Å². The van der Waals surface area contributed by atoms with Crippen LogP contribution in [0.5, 0.6) is 5.75 Å². The van der Waals surface area contributed by atoms with Crippen molar-refractivity contribution in [1.82, 2.24) is 29.5 Å². The van der Waals surface area contributed by atoms with Crippen LogP contribution in [0.1, 0.15) is 11.4 Å². The summed E-state index contributed by atoms with van der Waals surface area (Å²) in [5.74, 6) is -3.13. The van der Waals surface area contributed by atoms with Crippen LogP contribution in [0.3, 0.4) is 0 Å². The Kier molecular flexibility index (Phi) is 10.2. The maximum absolute atomic E-state index is 13.2. The van der Waals surface area contributed by atoms with Crippen molar-refractivity contribution in [3.05, 3.63) is 56.7 Å². The zero-order valence-corrected chi connectivity index (χ0v) is 26.6. The molecule has 2 atom stereocenters. The fourth-order valence-corrected chi connectivity index (χ4v) is 7.25. The Balaban J connectivity index is 0.00000405. The van der Waals surface area contributed by atoms with Gasteiger partial charge in [0.2, 0.25) is 5.43 Å². The zero-order valence-electron chi connectivity index (χ0n) is 21.3. The second-order valence-electron chi connectivity index (χ2n) is 8.27. The van der Waals surface area contributed by atoms with E-state index in [1.807, 2.05) is 0 Å². The standard InChI is InChI=1S/C21H18N8O8S4.Na/c22-21-24-10(7-40-21)14(26-37-4-9-1-11(30)12(31)3-28(9)36)17(32)25-15-18(33)29-16(20(34)35)8(6-39-19(15)29)5-38-13-2-23-27-41-13;/h1-3,7,15,19,31,36H,4-6H2,(H2,22,24)(H,25,32)(H,34,35);/q;+1/p-1/b26-14+;/t15-,19-;/m1./s1. The number of nitrogens with zero attached hydrogens (tertiary/aromatic N) is 6. The topological polar surface area (TPSA) is 238 Å². The first kappa shape index (κ1) is 31.8. The number of hydrogen-bond donors (Lipinski definition) is 4. The van der Waals surface area contributed by atoms with E-state index in [9.17, 15) is 34.6 Å². The number of nitrogens with one attached hydrogen (secondary N) is 1. The van der Waals surface area contributed by atoms with Gasteiger partial charge in [-0.2, -0.15) is 4.73 Å². The predicted molar refractivity (Wildman–Crippen MR) is 145 cm³/mol. The van der Waals surface area contributed by atoms with Crippen LogP contribution < -0.4 is 51.1 Å². The van der Waals surface area contributed by atoms with Crippen molar-refractivity contribution in [2.45, 2.75) is 22.2 Å². The van der Waals surface area contributed by atoms with E-state index >= 15 is 0 Å². The molecule has 0 aliphatic carbocycles. The molecular formula is C21H17N8NaO8S4. The van der Waals surface area contributed by atoms with Crippen LogP contribution in [0.25, 0.3) is 0 Å². The molecule has 0 radical (unpaired) electrons. The Bertz CT molecular complexity index is 1640. The molecule has 21 heteroatoms. The van der Waals surface area contributed by atoms with Crippen LogP contribution >= 0.6 is 46.4 Å². The van der Waals surface area contributed by atoms with E-state index in [1.54, 1.807) is 6.20 Å². The number of aromatic hydroxyl groups is 1. The van der Waals surface area contributed by atoms with Crippen molar-refractivity contribution in [2.75, 3.05) is 17.2 Å². The maximum Gasteiger partial charge on any atom is 1.00 e. The van der Waals surface area contributed by atoms with Crippen LogP contribution in [0.4, 0.5) is 5.13 Å². The number of thiazole rings is 1. The summed E-state index contributed by atoms with van der Waals surface area (Å²) in [6.07, 6.45) is 2.32. The van der Waals surface area contributed by atoms with Gasteiger partial charge in [-0.3, -0.25) is 19.3 Å². The third kappa shape index (κ3) is 6.58. The molecule has 0 spiro atoms. The molecule has 0 saturated carbocycles. The fraction of sp³-hybridized carbons (Fsp3) is 0.238. The number of amides is 2. The molecule has 5 N–H and O–H groups in total. The quantitative estimate of drug-likeness (QED) is 0.0403. The smallest absolute Gasteiger partial charge is 0.543 e. The molecule has 2 aliphatic rings. The Labute approximate surface area is 274 Å². The molecule has 0 aromatic carbocycles. The molecule has 16 nitrogen and oxygen atoms in total. The monoisotopic (exact) mass is 660 g/mol. The average Bonchev–Trinajstić information content (AvgIpc) is 3.62. The maximum atomic E-state index is 13.2. The first-order valence-corrected chi connectivity index (χ1v) is 15.0. The Hall–Kier alpha value is -3.14. The summed E-state index contributed by atoms with van der Waals surface area (Å²) in [5.41, 5.74) is 4.77. The molecule has 5 rings (SSSR count). The number of nitrogen functional groups attached to an aromatic ring is 1. The number of carbonyl (C=O) groups is 3. The molecule has 0 bridgehead atoms. The molecule has 42 heavy (non-hydrogen) atoms. The average molecular weight is 661 g/mol. The Morgan fingerprint density at radius 3 is 2.81 bits per heavy atom. The molecule has 0 unspecified atom stereocenters. The van der Waals surface area contributed by atoms with Gasteiger partial charge in [-0.1, -0.05) is 9.64 Å². The van der Waals surface area contributed by atoms with Gasteiger partial charge >= 0.3 is 29.6 Å². The second-order valence-corrected chi connectivity index (χ2v) is 12.3. The number of anilines is 1. The van der Waals surface area contributed by atoms with Crippen LogP contribution in [0, 0.1) is 0 Å². The number of aromatic nitrogens is 4. The Morgan fingerprint density at radius 1 is 1.36 bits per heavy atom. The summed E-state index contributed by atoms with van der Waals surface area (Å²) in [5, 5.41) is 42.2. The minimum absolute atomic E-state index is 0. The third-order valence-electron chi connectivity index (χ3n) is 5.69. The number of carboxylic acid groups (broad SMARTS) is 1. The van der Waals surface area contributed by atoms with E-state index in [0.717, 1.165) is 44.2 Å². The number of carboxylic acids is 1. The summed E-state index contributed by atoms with van der Waals surface area (Å²) < 4.78 is 5.00. The number of thioether (sulfide) groups is 2. The number of nitrogens with two attached hydrogens (primary N) is 1. The molecule has 5 heterocycles. The summed E-state index contributed by atoms with van der Waals surface area (Å²) in [6, 6.07) is -0.167. The Morgan fingerprint density at radius 2 is 2.14 bits per heavy atom. The van der Waals surface area contributed by atoms with Gasteiger partial charge in [0, 0.05) is 23.0 Å². The van der Waals surface area contributed by atoms with E-state index < -0.39 is 47.0 Å². The number of rotatable bonds is 10. The normalized spacial score (nSPS) is 18.1. The van der Waals surface area contributed by atoms with Crippen LogP contribution in [0.15, 0.2) is 49.3 Å². The number of hydrogen-bond acceptors (Lipinski definition) is 17. The van der Waals surface area contributed by atoms with Gasteiger partial charge in [0.15, 0.2) is 23.2 Å². The van der Waals surface area contributed by atoms with Crippen molar-refractivity contribution in [3.63, 3.8) is 0 Å². The number of fused-ring (bicyclic) bond motifs is 1. The number of carbonyl (C=O) groups excluding carboxylic acids is 3. The summed E-state index contributed by atoms with van der Waals surface area (Å²) >= 11 is 4.80. The molecule has 3 aromatic heterocycles. The number of pyridine rings is 1. The van der Waals surface area contributed by atoms with E-state index in [0.29, 0.717) is 10.3 Å². The molecule has 214 valence electrons. The van der Waals surface area contributed by atoms with E-state index in [2.05, 4.69) is 25.0 Å². The largest absolute Gasteiger partial charge is 1.00 e. The van der Waals surface area contributed by atoms with Gasteiger partial charge in [0.25, 0.3) is 11.8 Å². The van der Waals surface area contributed by atoms with Gasteiger partial charge in [-0.05, 0) is 17.1 Å². The first-order valence-electron chi connectivity index (χ1n) is 11.3. The summed E-state index contributed by atoms with van der Waals surface area (Å²) in [4.78, 5) is 60.2. The molecule has 2 aliphatic heterocycles. The molecule has 1 fully saturated rings. The van der Waals surface area contributed by atoms with E-state index in [1.165, 1.54) is 28.9 Å². The van der Waals surface area contributed by atoms with Gasteiger partial charge < -0.3 is 36.1 Å². The second kappa shape index (κ2) is 13.4. The number of β-lactam (4-membered cyclic amide) rings is 1.